The van der Waals surface area contributed by atoms with Crippen LogP contribution >= 0.6 is 0 Å². The van der Waals surface area contributed by atoms with Gasteiger partial charge in [-0.15, -0.1) is 0 Å². The third-order valence-corrected chi connectivity index (χ3v) is 9.39. The summed E-state index contributed by atoms with van der Waals surface area (Å²) in [5.41, 5.74) is 5.71. The van der Waals surface area contributed by atoms with E-state index in [4.69, 9.17) is 4.74 Å². The fourth-order valence-corrected chi connectivity index (χ4v) is 6.75. The number of methoxy groups -OCH3 is 1. The Balaban J connectivity index is 1.32. The molecule has 0 spiro atoms. The van der Waals surface area contributed by atoms with Gasteiger partial charge in [0.1, 0.15) is 5.75 Å². The summed E-state index contributed by atoms with van der Waals surface area (Å²) in [4.78, 5) is 18.3. The van der Waals surface area contributed by atoms with Crippen molar-refractivity contribution in [2.45, 2.75) is 76.9 Å². The van der Waals surface area contributed by atoms with Crippen LogP contribution in [0.3, 0.4) is 0 Å². The Labute approximate surface area is 251 Å². The lowest BCUT2D eigenvalue weighted by Gasteiger charge is -2.36. The highest BCUT2D eigenvalue weighted by Gasteiger charge is 2.32. The first-order chi connectivity index (χ1) is 20.3. The van der Waals surface area contributed by atoms with Gasteiger partial charge in [-0.2, -0.15) is 5.10 Å². The van der Waals surface area contributed by atoms with Crippen LogP contribution in [-0.2, 0) is 11.3 Å². The molecule has 7 nitrogen and oxygen atoms in total. The fourth-order valence-electron chi connectivity index (χ4n) is 6.75. The number of aromatic nitrogens is 2. The molecule has 0 aliphatic heterocycles. The monoisotopic (exact) mass is 572 g/mol. The molecule has 2 fully saturated rings. The van der Waals surface area contributed by atoms with E-state index in [0.717, 1.165) is 80.7 Å². The summed E-state index contributed by atoms with van der Waals surface area (Å²) in [6.07, 6.45) is 11.2. The Morgan fingerprint density at radius 3 is 2.45 bits per heavy atom. The van der Waals surface area contributed by atoms with Crippen LogP contribution in [0.25, 0.3) is 11.1 Å². The molecule has 1 aromatic heterocycles. The van der Waals surface area contributed by atoms with Crippen molar-refractivity contribution in [3.63, 3.8) is 0 Å². The second-order valence-electron chi connectivity index (χ2n) is 12.7. The molecule has 1 heterocycles. The van der Waals surface area contributed by atoms with Gasteiger partial charge < -0.3 is 19.6 Å². The predicted molar refractivity (Wildman–Crippen MR) is 169 cm³/mol. The molecular weight excluding hydrogens is 524 g/mol. The summed E-state index contributed by atoms with van der Waals surface area (Å²) in [6, 6.07) is 15.0. The summed E-state index contributed by atoms with van der Waals surface area (Å²) in [6.45, 7) is 4.63. The Hall–Kier alpha value is -3.16. The Kier molecular flexibility index (Phi) is 10.0. The van der Waals surface area contributed by atoms with E-state index < -0.39 is 0 Å². The maximum Gasteiger partial charge on any atom is 0.230 e. The number of carbonyl (C=O) groups is 1. The van der Waals surface area contributed by atoms with Crippen LogP contribution in [0.1, 0.15) is 68.4 Å². The molecule has 2 aromatic carbocycles. The highest BCUT2D eigenvalue weighted by Crippen LogP contribution is 2.39. The topological polar surface area (TPSA) is 70.8 Å². The number of aliphatic hydroxyl groups excluding tert-OH is 1. The maximum atomic E-state index is 14.1. The molecule has 0 unspecified atom stereocenters. The summed E-state index contributed by atoms with van der Waals surface area (Å²) in [7, 11) is 5.86. The molecule has 0 radical (unpaired) electrons. The van der Waals surface area contributed by atoms with Crippen molar-refractivity contribution >= 4 is 11.6 Å². The first-order valence-corrected chi connectivity index (χ1v) is 15.7. The number of ether oxygens (including phenoxy) is 1. The number of aliphatic hydroxyl groups is 1. The molecule has 3 aromatic rings. The highest BCUT2D eigenvalue weighted by atomic mass is 16.5. The Morgan fingerprint density at radius 2 is 1.76 bits per heavy atom. The number of amides is 1. The third kappa shape index (κ3) is 7.42. The van der Waals surface area contributed by atoms with Crippen LogP contribution in [0.4, 0.5) is 5.69 Å². The van der Waals surface area contributed by atoms with Gasteiger partial charge in [0.25, 0.3) is 0 Å². The van der Waals surface area contributed by atoms with E-state index >= 15 is 0 Å². The van der Waals surface area contributed by atoms with Gasteiger partial charge >= 0.3 is 0 Å². The number of anilines is 1. The van der Waals surface area contributed by atoms with E-state index in [-0.39, 0.29) is 17.9 Å². The molecule has 1 N–H and O–H groups in total. The minimum atomic E-state index is -0.272. The van der Waals surface area contributed by atoms with Crippen molar-refractivity contribution in [1.82, 2.24) is 14.7 Å². The van der Waals surface area contributed by atoms with Crippen molar-refractivity contribution in [3.05, 3.63) is 66.0 Å². The third-order valence-electron chi connectivity index (χ3n) is 9.39. The number of nitrogens with zero attached hydrogens (tertiary/aromatic N) is 4. The molecule has 0 saturated heterocycles. The van der Waals surface area contributed by atoms with E-state index in [2.05, 4.69) is 84.6 Å². The van der Waals surface area contributed by atoms with Gasteiger partial charge in [-0.3, -0.25) is 9.48 Å². The lowest BCUT2D eigenvalue weighted by molar-refractivity contribution is -0.124. The second-order valence-corrected chi connectivity index (χ2v) is 12.7. The van der Waals surface area contributed by atoms with Crippen LogP contribution in [0, 0.1) is 18.8 Å². The normalized spacial score (nSPS) is 22.7. The number of rotatable bonds is 10. The van der Waals surface area contributed by atoms with Gasteiger partial charge in [-0.05, 0) is 119 Å². The van der Waals surface area contributed by atoms with Gasteiger partial charge in [0.15, 0.2) is 0 Å². The summed E-state index contributed by atoms with van der Waals surface area (Å²) >= 11 is 0. The molecule has 2 aliphatic carbocycles. The number of likely N-dealkylation sites (N-methyl/N-ethyl adjacent to an activating group) is 1. The van der Waals surface area contributed by atoms with E-state index in [1.54, 1.807) is 7.11 Å². The van der Waals surface area contributed by atoms with Crippen LogP contribution < -0.4 is 9.64 Å². The van der Waals surface area contributed by atoms with Gasteiger partial charge in [-0.1, -0.05) is 24.3 Å². The van der Waals surface area contributed by atoms with Crippen molar-refractivity contribution in [2.24, 2.45) is 11.8 Å². The number of hydrogen-bond acceptors (Lipinski definition) is 5. The van der Waals surface area contributed by atoms with E-state index in [1.165, 1.54) is 11.1 Å². The zero-order chi connectivity index (χ0) is 29.6. The second kappa shape index (κ2) is 13.9. The molecule has 5 rings (SSSR count). The minimum Gasteiger partial charge on any atom is -0.496 e. The van der Waals surface area contributed by atoms with Gasteiger partial charge in [0, 0.05) is 36.5 Å². The van der Waals surface area contributed by atoms with Gasteiger partial charge in [0.05, 0.1) is 26.0 Å². The SMILES string of the molecule is COc1ccc([C@H]2CC[C@H](CN(C(=O)C3CCC(O)CC3)c3cccc(-c4cnn(CCN(C)C)c4)c3)CC2)cc1C. The Bertz CT molecular complexity index is 1320. The van der Waals surface area contributed by atoms with Crippen molar-refractivity contribution in [2.75, 3.05) is 39.2 Å². The van der Waals surface area contributed by atoms with E-state index in [1.807, 2.05) is 10.9 Å². The predicted octanol–water partition coefficient (Wildman–Crippen LogP) is 6.29. The molecule has 226 valence electrons. The summed E-state index contributed by atoms with van der Waals surface area (Å²) < 4.78 is 7.45. The first-order valence-electron chi connectivity index (χ1n) is 15.7. The lowest BCUT2D eigenvalue weighted by atomic mass is 9.78. The molecule has 7 heteroatoms. The van der Waals surface area contributed by atoms with E-state index in [9.17, 15) is 9.90 Å². The van der Waals surface area contributed by atoms with Crippen LogP contribution in [-0.4, -0.2) is 66.1 Å². The van der Waals surface area contributed by atoms with Crippen molar-refractivity contribution < 1.29 is 14.6 Å². The summed E-state index contributed by atoms with van der Waals surface area (Å²) in [5.74, 6) is 2.16. The average molecular weight is 573 g/mol. The summed E-state index contributed by atoms with van der Waals surface area (Å²) in [5, 5.41) is 14.7. The lowest BCUT2D eigenvalue weighted by Crippen LogP contribution is -2.41. The van der Waals surface area contributed by atoms with Crippen molar-refractivity contribution in [1.29, 1.82) is 0 Å². The number of aryl methyl sites for hydroxylation is 1. The molecule has 42 heavy (non-hydrogen) atoms. The molecule has 0 bridgehead atoms. The molecule has 2 aliphatic rings. The number of benzene rings is 2. The molecule has 0 atom stereocenters. The fraction of sp³-hybridized carbons (Fsp3) is 0.543. The first kappa shape index (κ1) is 30.3. The smallest absolute Gasteiger partial charge is 0.230 e. The number of carbonyl (C=O) groups excluding carboxylic acids is 1. The molecule has 2 saturated carbocycles. The molecular formula is C35H48N4O3. The molecule has 1 amide bonds. The zero-order valence-corrected chi connectivity index (χ0v) is 25.8. The van der Waals surface area contributed by atoms with Crippen molar-refractivity contribution in [3.8, 4) is 16.9 Å². The zero-order valence-electron chi connectivity index (χ0n) is 25.8. The van der Waals surface area contributed by atoms with E-state index in [0.29, 0.717) is 24.7 Å². The standard InChI is InChI=1S/C35H48N4O3/c1-25-20-30(14-17-34(25)42-4)27-10-8-26(9-11-27)23-39(35(41)28-12-15-33(40)16-13-28)32-7-5-6-29(21-32)31-22-36-38(24-31)19-18-37(2)3/h5-7,14,17,20-22,24,26-28,33,40H,8-13,15-16,18-19,23H2,1-4H3/t26-,27-,28?,33?. The quantitative estimate of drug-likeness (QED) is 0.309. The highest BCUT2D eigenvalue weighted by molar-refractivity contribution is 5.95. The Morgan fingerprint density at radius 1 is 1.00 bits per heavy atom. The van der Waals surface area contributed by atoms with Crippen LogP contribution in [0.2, 0.25) is 0 Å². The van der Waals surface area contributed by atoms with Crippen LogP contribution in [0.15, 0.2) is 54.9 Å². The van der Waals surface area contributed by atoms with Gasteiger partial charge in [-0.25, -0.2) is 0 Å². The van der Waals surface area contributed by atoms with Crippen LogP contribution in [0.5, 0.6) is 5.75 Å². The minimum absolute atomic E-state index is 0.0237. The number of hydrogen-bond donors (Lipinski definition) is 1. The largest absolute Gasteiger partial charge is 0.496 e. The maximum absolute atomic E-state index is 14.1. The average Bonchev–Trinajstić information content (AvgIpc) is 3.48. The van der Waals surface area contributed by atoms with Gasteiger partial charge in [0.2, 0.25) is 5.91 Å².